The summed E-state index contributed by atoms with van der Waals surface area (Å²) in [5, 5.41) is 11.9. The minimum absolute atomic E-state index is 0.0394. The van der Waals surface area contributed by atoms with Crippen LogP contribution >= 0.6 is 11.8 Å². The number of nitrogens with one attached hydrogen (secondary N) is 1. The molecule has 2 aromatic rings. The van der Waals surface area contributed by atoms with Gasteiger partial charge in [-0.25, -0.2) is 0 Å². The van der Waals surface area contributed by atoms with Gasteiger partial charge in [-0.2, -0.15) is 0 Å². The topological polar surface area (TPSA) is 69.0 Å². The van der Waals surface area contributed by atoms with E-state index < -0.39 is 0 Å². The van der Waals surface area contributed by atoms with Crippen molar-refractivity contribution in [2.45, 2.75) is 12.1 Å². The molecule has 22 heavy (non-hydrogen) atoms. The van der Waals surface area contributed by atoms with Crippen LogP contribution in [0.25, 0.3) is 11.4 Å². The zero-order valence-electron chi connectivity index (χ0n) is 13.0. The van der Waals surface area contributed by atoms with Crippen molar-refractivity contribution in [3.63, 3.8) is 0 Å². The number of nitrogens with zero attached hydrogens (tertiary/aromatic N) is 3. The van der Waals surface area contributed by atoms with Gasteiger partial charge in [-0.05, 0) is 12.5 Å². The van der Waals surface area contributed by atoms with Crippen LogP contribution in [0.5, 0.6) is 0 Å². The summed E-state index contributed by atoms with van der Waals surface area (Å²) in [6.45, 7) is 3.07. The number of amides is 1. The maximum absolute atomic E-state index is 11.7. The van der Waals surface area contributed by atoms with Gasteiger partial charge < -0.3 is 14.6 Å². The number of carbonyl (C=O) groups excluding carboxylic acids is 1. The summed E-state index contributed by atoms with van der Waals surface area (Å²) in [5.41, 5.74) is 2.20. The summed E-state index contributed by atoms with van der Waals surface area (Å²) >= 11 is 1.37. The molecule has 1 amide bonds. The van der Waals surface area contributed by atoms with Crippen molar-refractivity contribution in [2.75, 3.05) is 26.0 Å². The molecule has 0 unspecified atom stereocenters. The van der Waals surface area contributed by atoms with Gasteiger partial charge in [0.15, 0.2) is 11.0 Å². The summed E-state index contributed by atoms with van der Waals surface area (Å²) in [6, 6.07) is 8.04. The first-order valence-electron chi connectivity index (χ1n) is 6.97. The second kappa shape index (κ2) is 7.95. The summed E-state index contributed by atoms with van der Waals surface area (Å²) in [7, 11) is 3.51. The molecule has 2 rings (SSSR count). The lowest BCUT2D eigenvalue weighted by Crippen LogP contribution is -2.28. The number of ether oxygens (including phenoxy) is 1. The van der Waals surface area contributed by atoms with Gasteiger partial charge in [0.2, 0.25) is 5.91 Å². The lowest BCUT2D eigenvalue weighted by Gasteiger charge is -2.06. The highest BCUT2D eigenvalue weighted by Gasteiger charge is 2.13. The van der Waals surface area contributed by atoms with Crippen molar-refractivity contribution in [1.82, 2.24) is 20.1 Å². The second-order valence-electron chi connectivity index (χ2n) is 4.81. The van der Waals surface area contributed by atoms with E-state index in [0.29, 0.717) is 18.9 Å². The fourth-order valence-corrected chi connectivity index (χ4v) is 2.71. The molecule has 118 valence electrons. The molecular formula is C15H20N4O2S. The maximum Gasteiger partial charge on any atom is 0.230 e. The number of benzene rings is 1. The molecule has 0 saturated carbocycles. The first-order valence-corrected chi connectivity index (χ1v) is 7.96. The van der Waals surface area contributed by atoms with E-state index in [0.717, 1.165) is 22.1 Å². The maximum atomic E-state index is 11.7. The van der Waals surface area contributed by atoms with E-state index in [9.17, 15) is 4.79 Å². The third kappa shape index (κ3) is 4.08. The van der Waals surface area contributed by atoms with Gasteiger partial charge in [0.25, 0.3) is 0 Å². The highest BCUT2D eigenvalue weighted by Crippen LogP contribution is 2.24. The molecule has 1 aromatic carbocycles. The molecule has 1 aromatic heterocycles. The van der Waals surface area contributed by atoms with E-state index in [1.807, 2.05) is 42.8 Å². The molecule has 0 saturated heterocycles. The van der Waals surface area contributed by atoms with E-state index in [1.165, 1.54) is 11.8 Å². The first kappa shape index (κ1) is 16.5. The quantitative estimate of drug-likeness (QED) is 0.620. The third-order valence-electron chi connectivity index (χ3n) is 3.18. The van der Waals surface area contributed by atoms with Crippen LogP contribution < -0.4 is 5.32 Å². The van der Waals surface area contributed by atoms with Crippen molar-refractivity contribution in [1.29, 1.82) is 0 Å². The normalized spacial score (nSPS) is 10.7. The predicted molar refractivity (Wildman–Crippen MR) is 86.8 cm³/mol. The average Bonchev–Trinajstić information content (AvgIpc) is 2.87. The van der Waals surface area contributed by atoms with Crippen molar-refractivity contribution >= 4 is 17.7 Å². The Labute approximate surface area is 134 Å². The van der Waals surface area contributed by atoms with Crippen LogP contribution in [-0.2, 0) is 16.6 Å². The number of hydrogen-bond donors (Lipinski definition) is 1. The molecule has 7 heteroatoms. The molecule has 0 aliphatic rings. The Balaban J connectivity index is 2.00. The van der Waals surface area contributed by atoms with Crippen molar-refractivity contribution in [3.8, 4) is 11.4 Å². The average molecular weight is 320 g/mol. The minimum Gasteiger partial charge on any atom is -0.383 e. The van der Waals surface area contributed by atoms with Gasteiger partial charge in [0.1, 0.15) is 0 Å². The smallest absolute Gasteiger partial charge is 0.230 e. The number of methoxy groups -OCH3 is 1. The Morgan fingerprint density at radius 3 is 2.86 bits per heavy atom. The third-order valence-corrected chi connectivity index (χ3v) is 4.20. The molecule has 0 atom stereocenters. The monoisotopic (exact) mass is 320 g/mol. The SMILES string of the molecule is COCCNC(=O)CSc1nnc(-c2ccccc2C)n1C. The highest BCUT2D eigenvalue weighted by atomic mass is 32.2. The van der Waals surface area contributed by atoms with Crippen LogP contribution in [0.15, 0.2) is 29.4 Å². The van der Waals surface area contributed by atoms with E-state index >= 15 is 0 Å². The number of thioether (sulfide) groups is 1. The summed E-state index contributed by atoms with van der Waals surface area (Å²) in [6.07, 6.45) is 0. The van der Waals surface area contributed by atoms with E-state index in [2.05, 4.69) is 15.5 Å². The van der Waals surface area contributed by atoms with Crippen molar-refractivity contribution in [3.05, 3.63) is 29.8 Å². The van der Waals surface area contributed by atoms with E-state index in [4.69, 9.17) is 4.74 Å². The Morgan fingerprint density at radius 2 is 2.14 bits per heavy atom. The van der Waals surface area contributed by atoms with Crippen LogP contribution in [0.1, 0.15) is 5.56 Å². The van der Waals surface area contributed by atoms with Crippen molar-refractivity contribution < 1.29 is 9.53 Å². The van der Waals surface area contributed by atoms with Crippen LogP contribution in [0.4, 0.5) is 0 Å². The lowest BCUT2D eigenvalue weighted by molar-refractivity contribution is -0.118. The van der Waals surface area contributed by atoms with Crippen LogP contribution in [0.3, 0.4) is 0 Å². The Bertz CT molecular complexity index is 642. The Morgan fingerprint density at radius 1 is 1.36 bits per heavy atom. The minimum atomic E-state index is -0.0394. The van der Waals surface area contributed by atoms with Crippen molar-refractivity contribution in [2.24, 2.45) is 7.05 Å². The van der Waals surface area contributed by atoms with Gasteiger partial charge in [-0.3, -0.25) is 4.79 Å². The van der Waals surface area contributed by atoms with E-state index in [1.54, 1.807) is 7.11 Å². The summed E-state index contributed by atoms with van der Waals surface area (Å²) in [5.74, 6) is 1.08. The molecule has 6 nitrogen and oxygen atoms in total. The zero-order valence-corrected chi connectivity index (χ0v) is 13.8. The van der Waals surface area contributed by atoms with Gasteiger partial charge in [-0.15, -0.1) is 10.2 Å². The van der Waals surface area contributed by atoms with Crippen LogP contribution in [0.2, 0.25) is 0 Å². The Hall–Kier alpha value is -1.86. The second-order valence-corrected chi connectivity index (χ2v) is 5.75. The van der Waals surface area contributed by atoms with Gasteiger partial charge in [0.05, 0.1) is 12.4 Å². The molecule has 0 bridgehead atoms. The highest BCUT2D eigenvalue weighted by molar-refractivity contribution is 7.99. The van der Waals surface area contributed by atoms with Gasteiger partial charge in [0, 0.05) is 26.3 Å². The number of aromatic nitrogens is 3. The number of hydrogen-bond acceptors (Lipinski definition) is 5. The first-order chi connectivity index (χ1) is 10.6. The fraction of sp³-hybridized carbons (Fsp3) is 0.400. The molecule has 0 aliphatic carbocycles. The van der Waals surface area contributed by atoms with E-state index in [-0.39, 0.29) is 5.91 Å². The molecule has 1 heterocycles. The van der Waals surface area contributed by atoms with Gasteiger partial charge in [-0.1, -0.05) is 36.0 Å². The Kier molecular flexibility index (Phi) is 5.97. The van der Waals surface area contributed by atoms with Crippen LogP contribution in [0, 0.1) is 6.92 Å². The molecule has 0 spiro atoms. The fourth-order valence-electron chi connectivity index (χ4n) is 1.97. The molecule has 0 aliphatic heterocycles. The number of aryl methyl sites for hydroxylation is 1. The summed E-state index contributed by atoms with van der Waals surface area (Å²) in [4.78, 5) is 11.7. The number of rotatable bonds is 7. The molecular weight excluding hydrogens is 300 g/mol. The molecule has 0 radical (unpaired) electrons. The molecule has 1 N–H and O–H groups in total. The zero-order chi connectivity index (χ0) is 15.9. The predicted octanol–water partition coefficient (Wildman–Crippen LogP) is 1.65. The number of carbonyl (C=O) groups is 1. The lowest BCUT2D eigenvalue weighted by atomic mass is 10.1. The van der Waals surface area contributed by atoms with Gasteiger partial charge >= 0.3 is 0 Å². The summed E-state index contributed by atoms with van der Waals surface area (Å²) < 4.78 is 6.80. The van der Waals surface area contributed by atoms with Crippen LogP contribution in [-0.4, -0.2) is 46.7 Å². The standard InChI is InChI=1S/C15H20N4O2S/c1-11-6-4-5-7-12(11)14-17-18-15(19(14)2)22-10-13(20)16-8-9-21-3/h4-7H,8-10H2,1-3H3,(H,16,20). The molecule has 0 fully saturated rings. The largest absolute Gasteiger partial charge is 0.383 e.